The van der Waals surface area contributed by atoms with Crippen LogP contribution in [0.15, 0.2) is 42.5 Å². The van der Waals surface area contributed by atoms with Crippen molar-refractivity contribution in [2.45, 2.75) is 13.0 Å². The molecule has 4 heteroatoms. The van der Waals surface area contributed by atoms with E-state index in [9.17, 15) is 0 Å². The van der Waals surface area contributed by atoms with Crippen LogP contribution in [0.25, 0.3) is 0 Å². The highest BCUT2D eigenvalue weighted by molar-refractivity contribution is 5.38. The average molecular weight is 302 g/mol. The van der Waals surface area contributed by atoms with Crippen molar-refractivity contribution < 1.29 is 19.5 Å². The molecule has 0 atom stereocenters. The van der Waals surface area contributed by atoms with Crippen molar-refractivity contribution >= 4 is 0 Å². The first-order valence-corrected chi connectivity index (χ1v) is 7.42. The third-order valence-corrected chi connectivity index (χ3v) is 3.60. The van der Waals surface area contributed by atoms with Gasteiger partial charge >= 0.3 is 0 Å². The summed E-state index contributed by atoms with van der Waals surface area (Å²) in [4.78, 5) is 0. The fourth-order valence-corrected chi connectivity index (χ4v) is 2.42. The Kier molecular flexibility index (Phi) is 6.10. The van der Waals surface area contributed by atoms with Gasteiger partial charge in [-0.05, 0) is 23.8 Å². The van der Waals surface area contributed by atoms with Crippen LogP contribution in [0, 0.1) is 0 Å². The van der Waals surface area contributed by atoms with Gasteiger partial charge in [0.15, 0.2) is 0 Å². The predicted molar refractivity (Wildman–Crippen MR) is 86.7 cm³/mol. The van der Waals surface area contributed by atoms with Gasteiger partial charge in [-0.25, -0.2) is 0 Å². The number of nitrogens with two attached hydrogens (primary N) is 1. The Bertz CT molecular complexity index is 576. The van der Waals surface area contributed by atoms with E-state index in [0.29, 0.717) is 0 Å². The van der Waals surface area contributed by atoms with E-state index in [4.69, 9.17) is 14.2 Å². The normalized spacial score (nSPS) is 10.3. The lowest BCUT2D eigenvalue weighted by molar-refractivity contribution is -0.670. The third kappa shape index (κ3) is 4.40. The summed E-state index contributed by atoms with van der Waals surface area (Å²) in [6, 6.07) is 14.1. The molecule has 0 radical (unpaired) electrons. The summed E-state index contributed by atoms with van der Waals surface area (Å²) in [6.07, 6.45) is 0.977. The Morgan fingerprint density at radius 1 is 0.864 bits per heavy atom. The van der Waals surface area contributed by atoms with E-state index in [1.54, 1.807) is 21.3 Å². The first kappa shape index (κ1) is 16.2. The second-order valence-corrected chi connectivity index (χ2v) is 5.06. The van der Waals surface area contributed by atoms with Crippen LogP contribution in [0.5, 0.6) is 17.2 Å². The molecule has 2 N–H and O–H groups in total. The minimum Gasteiger partial charge on any atom is -0.497 e. The van der Waals surface area contributed by atoms with E-state index in [1.807, 2.05) is 36.4 Å². The van der Waals surface area contributed by atoms with Gasteiger partial charge in [0.25, 0.3) is 0 Å². The SMILES string of the molecule is COc1cc(C[NH2+]CCc2ccccc2OC)cc(OC)c1. The number of para-hydroxylation sites is 1. The lowest BCUT2D eigenvalue weighted by Crippen LogP contribution is -2.83. The Labute approximate surface area is 132 Å². The molecule has 0 unspecified atom stereocenters. The summed E-state index contributed by atoms with van der Waals surface area (Å²) >= 11 is 0. The maximum Gasteiger partial charge on any atom is 0.123 e. The summed E-state index contributed by atoms with van der Waals surface area (Å²) < 4.78 is 16.0. The number of ether oxygens (including phenoxy) is 3. The minimum absolute atomic E-state index is 0.826. The molecule has 22 heavy (non-hydrogen) atoms. The van der Waals surface area contributed by atoms with Gasteiger partial charge in [-0.15, -0.1) is 0 Å². The van der Waals surface area contributed by atoms with E-state index >= 15 is 0 Å². The molecule has 0 aliphatic carbocycles. The van der Waals surface area contributed by atoms with E-state index in [1.165, 1.54) is 11.1 Å². The van der Waals surface area contributed by atoms with Gasteiger partial charge in [0.2, 0.25) is 0 Å². The lowest BCUT2D eigenvalue weighted by atomic mass is 10.1. The van der Waals surface area contributed by atoms with Crippen LogP contribution in [-0.4, -0.2) is 27.9 Å². The standard InChI is InChI=1S/C18H23NO3/c1-20-16-10-14(11-17(12-16)21-2)13-19-9-8-15-6-4-5-7-18(15)22-3/h4-7,10-12,19H,8-9,13H2,1-3H3/p+1. The molecule has 4 nitrogen and oxygen atoms in total. The summed E-state index contributed by atoms with van der Waals surface area (Å²) in [6.45, 7) is 1.89. The molecule has 2 rings (SSSR count). The maximum absolute atomic E-state index is 5.37. The second kappa shape index (κ2) is 8.29. The zero-order chi connectivity index (χ0) is 15.8. The summed E-state index contributed by atoms with van der Waals surface area (Å²) in [5.74, 6) is 2.61. The number of rotatable bonds is 8. The van der Waals surface area contributed by atoms with Gasteiger partial charge in [0, 0.05) is 18.1 Å². The first-order valence-electron chi connectivity index (χ1n) is 7.42. The highest BCUT2D eigenvalue weighted by Crippen LogP contribution is 2.22. The number of methoxy groups -OCH3 is 3. The van der Waals surface area contributed by atoms with Gasteiger partial charge in [-0.3, -0.25) is 0 Å². The molecule has 118 valence electrons. The van der Waals surface area contributed by atoms with Crippen LogP contribution in [0.2, 0.25) is 0 Å². The van der Waals surface area contributed by atoms with Crippen LogP contribution in [0.4, 0.5) is 0 Å². The molecule has 0 fully saturated rings. The fraction of sp³-hybridized carbons (Fsp3) is 0.333. The topological polar surface area (TPSA) is 44.3 Å². The van der Waals surface area contributed by atoms with Crippen LogP contribution in [0.3, 0.4) is 0 Å². The number of benzene rings is 2. The molecule has 0 amide bonds. The fourth-order valence-electron chi connectivity index (χ4n) is 2.42. The molecule has 0 aromatic heterocycles. The predicted octanol–water partition coefficient (Wildman–Crippen LogP) is 2.02. The lowest BCUT2D eigenvalue weighted by Gasteiger charge is -2.09. The van der Waals surface area contributed by atoms with Crippen molar-refractivity contribution in [2.24, 2.45) is 0 Å². The van der Waals surface area contributed by atoms with Crippen molar-refractivity contribution in [3.8, 4) is 17.2 Å². The van der Waals surface area contributed by atoms with Gasteiger partial charge in [-0.1, -0.05) is 18.2 Å². The van der Waals surface area contributed by atoms with Crippen molar-refractivity contribution in [3.05, 3.63) is 53.6 Å². The molecular formula is C18H24NO3+. The maximum atomic E-state index is 5.37. The van der Waals surface area contributed by atoms with Crippen molar-refractivity contribution in [1.82, 2.24) is 0 Å². The van der Waals surface area contributed by atoms with Crippen LogP contribution < -0.4 is 19.5 Å². The Morgan fingerprint density at radius 2 is 1.55 bits per heavy atom. The van der Waals surface area contributed by atoms with Crippen LogP contribution >= 0.6 is 0 Å². The molecule has 0 saturated heterocycles. The Balaban J connectivity index is 1.88. The first-order chi connectivity index (χ1) is 10.8. The monoisotopic (exact) mass is 302 g/mol. The third-order valence-electron chi connectivity index (χ3n) is 3.60. The quantitative estimate of drug-likeness (QED) is 0.759. The summed E-state index contributed by atoms with van der Waals surface area (Å²) in [5.41, 5.74) is 2.43. The number of hydrogen-bond acceptors (Lipinski definition) is 3. The second-order valence-electron chi connectivity index (χ2n) is 5.06. The van der Waals surface area contributed by atoms with E-state index in [-0.39, 0.29) is 0 Å². The number of quaternary nitrogens is 1. The van der Waals surface area contributed by atoms with Gasteiger partial charge in [-0.2, -0.15) is 0 Å². The van der Waals surface area contributed by atoms with Gasteiger partial charge in [0.1, 0.15) is 23.8 Å². The van der Waals surface area contributed by atoms with Crippen LogP contribution in [-0.2, 0) is 13.0 Å². The Morgan fingerprint density at radius 3 is 2.18 bits per heavy atom. The molecule has 0 bridgehead atoms. The molecule has 0 heterocycles. The molecule has 0 aliphatic heterocycles. The average Bonchev–Trinajstić information content (AvgIpc) is 2.58. The minimum atomic E-state index is 0.826. The van der Waals surface area contributed by atoms with E-state index in [2.05, 4.69) is 11.4 Å². The van der Waals surface area contributed by atoms with E-state index < -0.39 is 0 Å². The highest BCUT2D eigenvalue weighted by atomic mass is 16.5. The van der Waals surface area contributed by atoms with Gasteiger partial charge in [0.05, 0.1) is 27.9 Å². The van der Waals surface area contributed by atoms with Crippen molar-refractivity contribution in [2.75, 3.05) is 27.9 Å². The molecule has 0 saturated carbocycles. The number of hydrogen-bond donors (Lipinski definition) is 1. The van der Waals surface area contributed by atoms with Crippen molar-refractivity contribution in [1.29, 1.82) is 0 Å². The van der Waals surface area contributed by atoms with E-state index in [0.717, 1.165) is 36.8 Å². The highest BCUT2D eigenvalue weighted by Gasteiger charge is 2.05. The van der Waals surface area contributed by atoms with Gasteiger partial charge < -0.3 is 19.5 Å². The largest absolute Gasteiger partial charge is 0.497 e. The molecule has 2 aromatic rings. The molecular weight excluding hydrogens is 278 g/mol. The summed E-state index contributed by atoms with van der Waals surface area (Å²) in [7, 11) is 5.05. The Hall–Kier alpha value is -2.20. The summed E-state index contributed by atoms with van der Waals surface area (Å²) in [5, 5.41) is 2.28. The zero-order valence-electron chi connectivity index (χ0n) is 13.5. The molecule has 0 spiro atoms. The van der Waals surface area contributed by atoms with Crippen LogP contribution in [0.1, 0.15) is 11.1 Å². The molecule has 2 aromatic carbocycles. The smallest absolute Gasteiger partial charge is 0.123 e. The zero-order valence-corrected chi connectivity index (χ0v) is 13.5. The van der Waals surface area contributed by atoms with Crippen molar-refractivity contribution in [3.63, 3.8) is 0 Å². The molecule has 0 aliphatic rings.